The zero-order chi connectivity index (χ0) is 22.7. The molecule has 3 aliphatic rings. The van der Waals surface area contributed by atoms with Crippen molar-refractivity contribution in [3.63, 3.8) is 0 Å². The largest absolute Gasteiger partial charge is 0.342 e. The number of nitrogens with one attached hydrogen (secondary N) is 1. The number of H-pyrrole nitrogens is 1. The van der Waals surface area contributed by atoms with Gasteiger partial charge in [0.2, 0.25) is 11.8 Å². The fourth-order valence-electron chi connectivity index (χ4n) is 5.33. The second-order valence-electron chi connectivity index (χ2n) is 9.91. The van der Waals surface area contributed by atoms with Gasteiger partial charge >= 0.3 is 0 Å². The molecule has 0 spiro atoms. The molecule has 2 saturated heterocycles. The minimum absolute atomic E-state index is 0.00870. The van der Waals surface area contributed by atoms with Gasteiger partial charge in [-0.15, -0.1) is 0 Å². The zero-order valence-electron chi connectivity index (χ0n) is 19.4. The van der Waals surface area contributed by atoms with Gasteiger partial charge in [-0.3, -0.25) is 14.4 Å². The lowest BCUT2D eigenvalue weighted by atomic mass is 9.89. The maximum Gasteiger partial charge on any atom is 0.251 e. The van der Waals surface area contributed by atoms with E-state index in [9.17, 15) is 14.4 Å². The number of aromatic amines is 1. The molecular weight excluding hydrogens is 404 g/mol. The number of likely N-dealkylation sites (tertiary alicyclic amines) is 2. The lowest BCUT2D eigenvalue weighted by molar-refractivity contribution is -0.137. The first-order chi connectivity index (χ1) is 15.4. The van der Waals surface area contributed by atoms with E-state index < -0.39 is 0 Å². The second kappa shape index (κ2) is 10.0. The van der Waals surface area contributed by atoms with Crippen molar-refractivity contribution >= 4 is 11.8 Å². The van der Waals surface area contributed by atoms with E-state index in [0.29, 0.717) is 19.6 Å². The zero-order valence-corrected chi connectivity index (χ0v) is 19.4. The molecule has 174 valence electrons. The molecule has 7 heteroatoms. The fraction of sp³-hybridized carbons (Fsp3) is 0.680. The van der Waals surface area contributed by atoms with Gasteiger partial charge in [-0.1, -0.05) is 26.0 Å². The van der Waals surface area contributed by atoms with Crippen LogP contribution in [0.4, 0.5) is 0 Å². The molecule has 2 aliphatic heterocycles. The Morgan fingerprint density at radius 1 is 1.03 bits per heavy atom. The Hall–Kier alpha value is -2.44. The van der Waals surface area contributed by atoms with Crippen LogP contribution in [0.1, 0.15) is 82.1 Å². The fourth-order valence-corrected chi connectivity index (χ4v) is 5.33. The summed E-state index contributed by atoms with van der Waals surface area (Å²) >= 11 is 0. The number of rotatable bonds is 4. The summed E-state index contributed by atoms with van der Waals surface area (Å²) in [5.74, 6) is 1.56. The normalized spacial score (nSPS) is 24.7. The summed E-state index contributed by atoms with van der Waals surface area (Å²) in [4.78, 5) is 49.5. The number of carbonyl (C=O) groups excluding carboxylic acids is 2. The van der Waals surface area contributed by atoms with Gasteiger partial charge in [0.1, 0.15) is 5.82 Å². The van der Waals surface area contributed by atoms with Crippen LogP contribution < -0.4 is 5.56 Å². The van der Waals surface area contributed by atoms with Crippen LogP contribution in [0.25, 0.3) is 0 Å². The lowest BCUT2D eigenvalue weighted by Gasteiger charge is -2.35. The molecule has 0 saturated carbocycles. The van der Waals surface area contributed by atoms with Crippen molar-refractivity contribution in [1.29, 1.82) is 0 Å². The van der Waals surface area contributed by atoms with E-state index in [1.807, 2.05) is 23.6 Å². The summed E-state index contributed by atoms with van der Waals surface area (Å²) in [5.41, 5.74) is 0.692. The third kappa shape index (κ3) is 5.13. The van der Waals surface area contributed by atoms with Crippen molar-refractivity contribution in [2.75, 3.05) is 26.2 Å². The Morgan fingerprint density at radius 3 is 2.50 bits per heavy atom. The molecule has 0 aromatic carbocycles. The molecular formula is C25H36N4O3. The first-order valence-corrected chi connectivity index (χ1v) is 12.3. The van der Waals surface area contributed by atoms with Crippen LogP contribution in [0.3, 0.4) is 0 Å². The number of piperidine rings is 2. The summed E-state index contributed by atoms with van der Waals surface area (Å²) < 4.78 is 0. The van der Waals surface area contributed by atoms with Crippen molar-refractivity contribution in [2.45, 2.75) is 70.6 Å². The predicted octanol–water partition coefficient (Wildman–Crippen LogP) is 3.19. The number of aromatic nitrogens is 2. The van der Waals surface area contributed by atoms with Crippen molar-refractivity contribution in [2.24, 2.45) is 11.8 Å². The van der Waals surface area contributed by atoms with Crippen LogP contribution in [0.5, 0.6) is 0 Å². The molecule has 1 aliphatic carbocycles. The van der Waals surface area contributed by atoms with E-state index in [4.69, 9.17) is 4.98 Å². The highest BCUT2D eigenvalue weighted by Crippen LogP contribution is 2.30. The summed E-state index contributed by atoms with van der Waals surface area (Å²) in [6.45, 7) is 6.72. The molecule has 2 fully saturated rings. The molecule has 7 nitrogen and oxygen atoms in total. The molecule has 0 unspecified atom stereocenters. The topological polar surface area (TPSA) is 86.4 Å². The molecule has 1 aromatic rings. The molecule has 3 heterocycles. The van der Waals surface area contributed by atoms with Crippen molar-refractivity contribution in [1.82, 2.24) is 19.8 Å². The number of carbonyl (C=O) groups is 2. The average molecular weight is 441 g/mol. The lowest BCUT2D eigenvalue weighted by Crippen LogP contribution is -2.43. The summed E-state index contributed by atoms with van der Waals surface area (Å²) in [7, 11) is 0. The number of nitrogens with zero attached hydrogens (tertiary/aromatic N) is 3. The second-order valence-corrected chi connectivity index (χ2v) is 9.91. The molecule has 4 rings (SSSR count). The maximum absolute atomic E-state index is 13.0. The smallest absolute Gasteiger partial charge is 0.251 e. The number of allylic oxidation sites excluding steroid dienone is 2. The quantitative estimate of drug-likeness (QED) is 0.729. The van der Waals surface area contributed by atoms with E-state index in [1.165, 1.54) is 0 Å². The Bertz CT molecular complexity index is 914. The van der Waals surface area contributed by atoms with E-state index in [0.717, 1.165) is 63.0 Å². The highest BCUT2D eigenvalue weighted by molar-refractivity contribution is 5.79. The predicted molar refractivity (Wildman–Crippen MR) is 123 cm³/mol. The van der Waals surface area contributed by atoms with E-state index in [-0.39, 0.29) is 41.0 Å². The molecule has 32 heavy (non-hydrogen) atoms. The first kappa shape index (κ1) is 22.7. The summed E-state index contributed by atoms with van der Waals surface area (Å²) in [6.07, 6.45) is 10.6. The Kier molecular flexibility index (Phi) is 7.11. The minimum atomic E-state index is -0.119. The van der Waals surface area contributed by atoms with Crippen LogP contribution >= 0.6 is 0 Å². The average Bonchev–Trinajstić information content (AvgIpc) is 2.83. The molecule has 2 atom stereocenters. The number of hydrogen-bond acceptors (Lipinski definition) is 4. The van der Waals surface area contributed by atoms with Gasteiger partial charge in [0.25, 0.3) is 5.56 Å². The number of hydrogen-bond donors (Lipinski definition) is 1. The van der Waals surface area contributed by atoms with Crippen LogP contribution in [-0.4, -0.2) is 57.8 Å². The van der Waals surface area contributed by atoms with Crippen molar-refractivity contribution < 1.29 is 9.59 Å². The first-order valence-electron chi connectivity index (χ1n) is 12.3. The standard InChI is InChI=1S/C25H36N4O3/c1-17(2)24(31)28-13-10-18(11-14-28)23-26-21(15-22(30)27-23)20-9-6-12-29(16-20)25(32)19-7-4-3-5-8-19/h3-4,15,17-20H,5-14,16H2,1-2H3,(H,26,27,30)/t19-,20-/m0/s1. The highest BCUT2D eigenvalue weighted by atomic mass is 16.2. The molecule has 1 N–H and O–H groups in total. The molecule has 0 radical (unpaired) electrons. The molecule has 0 bridgehead atoms. The van der Waals surface area contributed by atoms with E-state index in [1.54, 1.807) is 6.07 Å². The Balaban J connectivity index is 1.43. The SMILES string of the molecule is CC(C)C(=O)N1CCC(c2nc([C@H]3CCCN(C(=O)[C@H]4CC=CCC4)C3)cc(=O)[nH]2)CC1. The van der Waals surface area contributed by atoms with Crippen molar-refractivity contribution in [3.8, 4) is 0 Å². The maximum atomic E-state index is 13.0. The molecule has 1 aromatic heterocycles. The highest BCUT2D eigenvalue weighted by Gasteiger charge is 2.31. The van der Waals surface area contributed by atoms with Crippen LogP contribution in [0, 0.1) is 11.8 Å². The molecule has 2 amide bonds. The van der Waals surface area contributed by atoms with Gasteiger partial charge in [-0.2, -0.15) is 0 Å². The third-order valence-electron chi connectivity index (χ3n) is 7.24. The van der Waals surface area contributed by atoms with Gasteiger partial charge in [-0.05, 0) is 44.9 Å². The summed E-state index contributed by atoms with van der Waals surface area (Å²) in [5, 5.41) is 0. The van der Waals surface area contributed by atoms with E-state index >= 15 is 0 Å². The van der Waals surface area contributed by atoms with Crippen LogP contribution in [0.15, 0.2) is 23.0 Å². The monoisotopic (exact) mass is 440 g/mol. The Morgan fingerprint density at radius 2 is 1.81 bits per heavy atom. The van der Waals surface area contributed by atoms with E-state index in [2.05, 4.69) is 17.1 Å². The van der Waals surface area contributed by atoms with Gasteiger partial charge in [0, 0.05) is 55.9 Å². The van der Waals surface area contributed by atoms with Gasteiger partial charge < -0.3 is 14.8 Å². The van der Waals surface area contributed by atoms with Crippen LogP contribution in [0.2, 0.25) is 0 Å². The Labute approximate surface area is 190 Å². The number of amides is 2. The third-order valence-corrected chi connectivity index (χ3v) is 7.24. The van der Waals surface area contributed by atoms with Gasteiger partial charge in [0.05, 0.1) is 5.69 Å². The summed E-state index contributed by atoms with van der Waals surface area (Å²) in [6, 6.07) is 1.61. The van der Waals surface area contributed by atoms with Gasteiger partial charge in [0.15, 0.2) is 0 Å². The van der Waals surface area contributed by atoms with Crippen molar-refractivity contribution in [3.05, 3.63) is 40.1 Å². The van der Waals surface area contributed by atoms with Crippen LogP contribution in [-0.2, 0) is 9.59 Å². The minimum Gasteiger partial charge on any atom is -0.342 e. The van der Waals surface area contributed by atoms with Gasteiger partial charge in [-0.25, -0.2) is 4.98 Å².